The number of carbonyl (C=O) groups is 3. The number of hydrogen-bond acceptors (Lipinski definition) is 10. The van der Waals surface area contributed by atoms with Gasteiger partial charge in [-0.2, -0.15) is 0 Å². The number of nitrogens with one attached hydrogen (secondary N) is 3. The Morgan fingerprint density at radius 1 is 0.451 bits per heavy atom. The van der Waals surface area contributed by atoms with Crippen LogP contribution in [0.2, 0.25) is 0 Å². The predicted molar refractivity (Wildman–Crippen MR) is 292 cm³/mol. The molecule has 10 nitrogen and oxygen atoms in total. The first kappa shape index (κ1) is 49.8. The van der Waals surface area contributed by atoms with Gasteiger partial charge in [0, 0.05) is 81.5 Å². The molecule has 0 bridgehead atoms. The minimum absolute atomic E-state index is 0.0433. The zero-order valence-corrected chi connectivity index (χ0v) is 42.5. The largest absolute Gasteiger partial charge is 0.494 e. The average Bonchev–Trinajstić information content (AvgIpc) is 4.24. The second-order valence-corrected chi connectivity index (χ2v) is 19.6. The highest BCUT2D eigenvalue weighted by molar-refractivity contribution is 9.10. The number of hydrogen-bond donors (Lipinski definition) is 3. The van der Waals surface area contributed by atoms with Crippen LogP contribution in [0.15, 0.2) is 205 Å². The van der Waals surface area contributed by atoms with E-state index < -0.39 is 0 Å². The number of fused-ring (bicyclic) bond motifs is 1. The van der Waals surface area contributed by atoms with E-state index in [-0.39, 0.29) is 17.7 Å². The Bertz CT molecular complexity index is 3320. The molecule has 3 N–H and O–H groups in total. The van der Waals surface area contributed by atoms with Gasteiger partial charge in [-0.25, -0.2) is 0 Å². The molecule has 0 saturated heterocycles. The molecule has 0 saturated carbocycles. The van der Waals surface area contributed by atoms with E-state index in [1.807, 2.05) is 146 Å². The van der Waals surface area contributed by atoms with E-state index >= 15 is 0 Å². The van der Waals surface area contributed by atoms with Crippen molar-refractivity contribution in [2.24, 2.45) is 0 Å². The van der Waals surface area contributed by atoms with Crippen LogP contribution < -0.4 is 20.7 Å². The summed E-state index contributed by atoms with van der Waals surface area (Å²) in [7, 11) is 0. The number of ether oxygens (including phenoxy) is 1. The highest BCUT2D eigenvalue weighted by atomic mass is 79.9. The molecule has 6 heterocycles. The van der Waals surface area contributed by atoms with Crippen LogP contribution in [0.1, 0.15) is 52.6 Å². The Labute approximate surface area is 432 Å². The number of benzene rings is 4. The van der Waals surface area contributed by atoms with Gasteiger partial charge < -0.3 is 20.7 Å². The van der Waals surface area contributed by atoms with Crippen molar-refractivity contribution >= 4 is 78.4 Å². The summed E-state index contributed by atoms with van der Waals surface area (Å²) in [5, 5.41) is 11.3. The molecule has 0 fully saturated rings. The fourth-order valence-electron chi connectivity index (χ4n) is 7.22. The maximum absolute atomic E-state index is 12.5. The molecule has 4 aromatic carbocycles. The van der Waals surface area contributed by atoms with Crippen molar-refractivity contribution in [3.63, 3.8) is 0 Å². The Hall–Kier alpha value is -7.62. The van der Waals surface area contributed by atoms with Crippen LogP contribution in [-0.2, 0) is 19.6 Å². The number of rotatable bonds is 14. The molecule has 0 aliphatic rings. The van der Waals surface area contributed by atoms with Crippen molar-refractivity contribution in [2.45, 2.75) is 26.6 Å². The average molecular weight is 1060 g/mol. The monoisotopic (exact) mass is 1050 g/mol. The normalized spacial score (nSPS) is 10.5. The summed E-state index contributed by atoms with van der Waals surface area (Å²) in [6, 6.07) is 53.1. The van der Waals surface area contributed by atoms with Crippen LogP contribution in [0, 0.1) is 0 Å². The second-order valence-electron chi connectivity index (χ2n) is 15.5. The van der Waals surface area contributed by atoms with Gasteiger partial charge in [-0.05, 0) is 130 Å². The van der Waals surface area contributed by atoms with Crippen molar-refractivity contribution in [1.82, 2.24) is 30.9 Å². The number of halogens is 1. The minimum atomic E-state index is -0.0772. The Morgan fingerprint density at radius 3 is 1.34 bits per heavy atom. The molecule has 6 aromatic heterocycles. The molecule has 0 atom stereocenters. The third-order valence-corrected chi connectivity index (χ3v) is 15.0. The lowest BCUT2D eigenvalue weighted by atomic mass is 10.0. The standard InChI is InChI=1S/C21H16N2OS.C19H18N2O2S.C17H13BrN2OS/c24-21(20-9-8-19(25-20)16-10-12-22-13-11-16)23-14-17-6-3-5-15-4-1-2-7-18(15)17;1-2-23-16-6-4-3-5-15(16)13-21-19(22)18-8-7-17(24-18)14-9-11-20-12-10-14;18-14-4-2-1-3-13(14)11-20-17(21)16-6-5-15(22-16)12-7-9-19-10-8-12/h1-13H,14H2,(H,23,24);3-12H,2,13H2,1H3,(H,21,22);1-10H,11H2,(H,20,21). The predicted octanol–water partition coefficient (Wildman–Crippen LogP) is 13.5. The van der Waals surface area contributed by atoms with Crippen molar-refractivity contribution in [3.8, 4) is 37.1 Å². The fourth-order valence-corrected chi connectivity index (χ4v) is 10.4. The number of aromatic nitrogens is 3. The van der Waals surface area contributed by atoms with Crippen LogP contribution in [0.4, 0.5) is 0 Å². The molecule has 0 unspecified atom stereocenters. The van der Waals surface area contributed by atoms with Crippen LogP contribution in [0.25, 0.3) is 42.1 Å². The number of nitrogens with zero attached hydrogens (tertiary/aromatic N) is 3. The van der Waals surface area contributed by atoms with Gasteiger partial charge in [0.2, 0.25) is 0 Å². The van der Waals surface area contributed by atoms with Crippen molar-refractivity contribution in [1.29, 1.82) is 0 Å². The van der Waals surface area contributed by atoms with Crippen LogP contribution in [0.3, 0.4) is 0 Å². The van der Waals surface area contributed by atoms with E-state index in [9.17, 15) is 14.4 Å². The number of carbonyl (C=O) groups excluding carboxylic acids is 3. The second kappa shape index (κ2) is 25.3. The number of para-hydroxylation sites is 1. The summed E-state index contributed by atoms with van der Waals surface area (Å²) in [6.45, 7) is 4.01. The topological polar surface area (TPSA) is 135 Å². The quantitative estimate of drug-likeness (QED) is 0.0987. The van der Waals surface area contributed by atoms with Gasteiger partial charge in [-0.3, -0.25) is 29.3 Å². The third-order valence-electron chi connectivity index (χ3n) is 10.8. The first-order valence-corrected chi connectivity index (χ1v) is 25.8. The van der Waals surface area contributed by atoms with Crippen LogP contribution in [-0.4, -0.2) is 39.3 Å². The summed E-state index contributed by atoms with van der Waals surface area (Å²) in [6.07, 6.45) is 10.5. The lowest BCUT2D eigenvalue weighted by Crippen LogP contribution is -2.22. The summed E-state index contributed by atoms with van der Waals surface area (Å²) in [5.74, 6) is 0.634. The van der Waals surface area contributed by atoms with Gasteiger partial charge in [0.15, 0.2) is 0 Å². The first-order valence-electron chi connectivity index (χ1n) is 22.6. The van der Waals surface area contributed by atoms with E-state index in [4.69, 9.17) is 4.74 Å². The van der Waals surface area contributed by atoms with Gasteiger partial charge in [0.05, 0.1) is 21.2 Å². The maximum Gasteiger partial charge on any atom is 0.261 e. The zero-order valence-electron chi connectivity index (χ0n) is 38.5. The Balaban J connectivity index is 0.000000143. The molecule has 0 spiro atoms. The molecule has 3 amide bonds. The first-order chi connectivity index (χ1) is 34.8. The molecule has 0 aliphatic carbocycles. The van der Waals surface area contributed by atoms with Crippen molar-refractivity contribution < 1.29 is 19.1 Å². The minimum Gasteiger partial charge on any atom is -0.494 e. The van der Waals surface area contributed by atoms with Gasteiger partial charge in [-0.15, -0.1) is 34.0 Å². The summed E-state index contributed by atoms with van der Waals surface area (Å²) >= 11 is 7.93. The molecule has 354 valence electrons. The zero-order chi connectivity index (χ0) is 49.2. The molecular formula is C57H47BrN6O4S3. The summed E-state index contributed by atoms with van der Waals surface area (Å²) in [4.78, 5) is 54.4. The molecular weight excluding hydrogens is 1010 g/mol. The van der Waals surface area contributed by atoms with E-state index in [0.29, 0.717) is 40.9 Å². The van der Waals surface area contributed by atoms with Crippen LogP contribution >= 0.6 is 49.9 Å². The summed E-state index contributed by atoms with van der Waals surface area (Å²) in [5.41, 5.74) is 6.37. The summed E-state index contributed by atoms with van der Waals surface area (Å²) < 4.78 is 6.58. The molecule has 10 rings (SSSR count). The molecule has 0 aliphatic heterocycles. The van der Waals surface area contributed by atoms with E-state index in [1.165, 1.54) is 44.8 Å². The lowest BCUT2D eigenvalue weighted by Gasteiger charge is -2.10. The highest BCUT2D eigenvalue weighted by Crippen LogP contribution is 2.30. The SMILES string of the molecule is CCOc1ccccc1CNC(=O)c1ccc(-c2ccncc2)s1.O=C(NCc1cccc2ccccc12)c1ccc(-c2ccncc2)s1.O=C(NCc1ccccc1Br)c1ccc(-c2ccncc2)s1. The molecule has 14 heteroatoms. The Morgan fingerprint density at radius 2 is 0.845 bits per heavy atom. The van der Waals surface area contributed by atoms with E-state index in [1.54, 1.807) is 37.2 Å². The number of thiophene rings is 3. The highest BCUT2D eigenvalue weighted by Gasteiger charge is 2.14. The fraction of sp³-hybridized carbons (Fsp3) is 0.0877. The third kappa shape index (κ3) is 13.8. The van der Waals surface area contributed by atoms with Crippen molar-refractivity contribution in [3.05, 3.63) is 237 Å². The molecule has 0 radical (unpaired) electrons. The van der Waals surface area contributed by atoms with Gasteiger partial charge in [0.1, 0.15) is 5.75 Å². The smallest absolute Gasteiger partial charge is 0.261 e. The van der Waals surface area contributed by atoms with E-state index in [2.05, 4.69) is 71.1 Å². The van der Waals surface area contributed by atoms with Crippen LogP contribution in [0.5, 0.6) is 5.75 Å². The van der Waals surface area contributed by atoms with Gasteiger partial charge in [0.25, 0.3) is 17.7 Å². The Kier molecular flexibility index (Phi) is 17.7. The number of amides is 3. The lowest BCUT2D eigenvalue weighted by molar-refractivity contribution is 0.0946. The maximum atomic E-state index is 12.5. The van der Waals surface area contributed by atoms with Gasteiger partial charge in [-0.1, -0.05) is 94.8 Å². The molecule has 71 heavy (non-hydrogen) atoms. The van der Waals surface area contributed by atoms with Gasteiger partial charge >= 0.3 is 0 Å². The van der Waals surface area contributed by atoms with Crippen molar-refractivity contribution in [2.75, 3.05) is 6.61 Å². The number of pyridine rings is 3. The molecule has 10 aromatic rings. The van der Waals surface area contributed by atoms with E-state index in [0.717, 1.165) is 58.2 Å².